The van der Waals surface area contributed by atoms with Gasteiger partial charge in [0.1, 0.15) is 11.4 Å². The van der Waals surface area contributed by atoms with Crippen molar-refractivity contribution >= 4 is 28.4 Å². The largest absolute Gasteiger partial charge is 0.281 e. The van der Waals surface area contributed by atoms with Crippen LogP contribution in [0.2, 0.25) is 5.02 Å². The number of halogens is 4. The van der Waals surface area contributed by atoms with E-state index < -0.39 is 17.4 Å². The molecule has 0 spiro atoms. The summed E-state index contributed by atoms with van der Waals surface area (Å²) in [5, 5.41) is -1.07. The van der Waals surface area contributed by atoms with Crippen molar-refractivity contribution in [2.45, 2.75) is 6.43 Å². The van der Waals surface area contributed by atoms with Gasteiger partial charge in [0.25, 0.3) is 11.7 Å². The number of carbonyl (C=O) groups excluding carboxylic acids is 1. The maximum atomic E-state index is 12.2. The van der Waals surface area contributed by atoms with E-state index in [0.29, 0.717) is 0 Å². The van der Waals surface area contributed by atoms with Gasteiger partial charge in [-0.1, -0.05) is 11.6 Å². The van der Waals surface area contributed by atoms with E-state index in [1.165, 1.54) is 6.07 Å². The molecule has 0 amide bonds. The highest BCUT2D eigenvalue weighted by atomic mass is 35.5. The van der Waals surface area contributed by atoms with E-state index in [9.17, 15) is 13.6 Å². The first-order valence-electron chi connectivity index (χ1n) is 3.17. The molecule has 0 aliphatic rings. The number of carbonyl (C=O) groups is 1. The fourth-order valence-corrected chi connectivity index (χ4v) is 1.01. The Morgan fingerprint density at radius 2 is 2.08 bits per heavy atom. The fraction of sp³-hybridized carbons (Fsp3) is 0.143. The predicted octanol–water partition coefficient (Wildman–Crippen LogP) is 3.05. The van der Waals surface area contributed by atoms with Crippen molar-refractivity contribution in [1.82, 2.24) is 4.98 Å². The van der Waals surface area contributed by atoms with Crippen LogP contribution in [0.15, 0.2) is 12.1 Å². The van der Waals surface area contributed by atoms with Crippen molar-refractivity contribution in [2.24, 2.45) is 0 Å². The molecule has 0 fully saturated rings. The molecule has 1 aromatic rings. The summed E-state index contributed by atoms with van der Waals surface area (Å²) in [7, 11) is 0. The van der Waals surface area contributed by atoms with Gasteiger partial charge in [-0.05, 0) is 23.7 Å². The summed E-state index contributed by atoms with van der Waals surface area (Å²) in [4.78, 5) is 13.9. The Bertz CT molecular complexity index is 343. The van der Waals surface area contributed by atoms with Crippen LogP contribution in [0.5, 0.6) is 0 Å². The molecule has 1 heterocycles. The van der Waals surface area contributed by atoms with Gasteiger partial charge in [-0.2, -0.15) is 0 Å². The van der Waals surface area contributed by atoms with Crippen LogP contribution in [0.4, 0.5) is 8.78 Å². The van der Waals surface area contributed by atoms with Gasteiger partial charge in [0.05, 0.1) is 5.02 Å². The Kier molecular flexibility index (Phi) is 3.17. The minimum Gasteiger partial charge on any atom is -0.274 e. The first-order valence-corrected chi connectivity index (χ1v) is 3.92. The first kappa shape index (κ1) is 10.3. The van der Waals surface area contributed by atoms with Gasteiger partial charge >= 0.3 is 0 Å². The van der Waals surface area contributed by atoms with Crippen LogP contribution in [-0.2, 0) is 0 Å². The Balaban J connectivity index is 3.19. The van der Waals surface area contributed by atoms with Crippen LogP contribution in [0.25, 0.3) is 0 Å². The van der Waals surface area contributed by atoms with Crippen molar-refractivity contribution in [3.8, 4) is 0 Å². The van der Waals surface area contributed by atoms with Gasteiger partial charge in [0, 0.05) is 0 Å². The van der Waals surface area contributed by atoms with Crippen LogP contribution in [0.1, 0.15) is 22.6 Å². The lowest BCUT2D eigenvalue weighted by Crippen LogP contribution is -1.99. The lowest BCUT2D eigenvalue weighted by Gasteiger charge is -2.02. The average molecular weight is 226 g/mol. The first-order chi connectivity index (χ1) is 6.02. The Labute approximate surface area is 82.5 Å². The molecule has 0 unspecified atom stereocenters. The summed E-state index contributed by atoms with van der Waals surface area (Å²) in [6, 6.07) is 2.34. The monoisotopic (exact) mass is 225 g/mol. The van der Waals surface area contributed by atoms with E-state index in [-0.39, 0.29) is 10.7 Å². The zero-order valence-corrected chi connectivity index (χ0v) is 7.61. The van der Waals surface area contributed by atoms with E-state index in [2.05, 4.69) is 4.98 Å². The lowest BCUT2D eigenvalue weighted by molar-refractivity contribution is 0.107. The Morgan fingerprint density at radius 3 is 2.54 bits per heavy atom. The zero-order valence-electron chi connectivity index (χ0n) is 6.10. The Hall–Kier alpha value is -0.740. The minimum atomic E-state index is -2.82. The molecule has 0 aliphatic heterocycles. The minimum absolute atomic E-state index is 0.184. The molecule has 0 aromatic carbocycles. The summed E-state index contributed by atoms with van der Waals surface area (Å²) in [6.07, 6.45) is -2.82. The van der Waals surface area contributed by atoms with Crippen molar-refractivity contribution < 1.29 is 13.6 Å². The molecule has 0 saturated heterocycles. The topological polar surface area (TPSA) is 30.0 Å². The second kappa shape index (κ2) is 3.98. The molecule has 0 radical (unpaired) electrons. The third-order valence-electron chi connectivity index (χ3n) is 1.28. The van der Waals surface area contributed by atoms with E-state index >= 15 is 0 Å². The third kappa shape index (κ3) is 2.35. The van der Waals surface area contributed by atoms with Gasteiger partial charge in [-0.25, -0.2) is 13.8 Å². The molecule has 1 rings (SSSR count). The number of rotatable bonds is 2. The summed E-state index contributed by atoms with van der Waals surface area (Å²) in [5.41, 5.74) is -0.866. The fourth-order valence-electron chi connectivity index (χ4n) is 0.720. The summed E-state index contributed by atoms with van der Waals surface area (Å²) in [5.74, 6) is 0. The molecule has 6 heteroatoms. The van der Waals surface area contributed by atoms with Gasteiger partial charge in [-0.15, -0.1) is 0 Å². The van der Waals surface area contributed by atoms with Gasteiger partial charge in [-0.3, -0.25) is 4.79 Å². The van der Waals surface area contributed by atoms with Crippen LogP contribution >= 0.6 is 23.2 Å². The molecule has 1 aromatic heterocycles. The van der Waals surface area contributed by atoms with Crippen molar-refractivity contribution in [1.29, 1.82) is 0 Å². The molecular weight excluding hydrogens is 223 g/mol. The number of aromatic nitrogens is 1. The summed E-state index contributed by atoms with van der Waals surface area (Å²) < 4.78 is 24.3. The van der Waals surface area contributed by atoms with Crippen molar-refractivity contribution in [2.75, 3.05) is 0 Å². The molecule has 0 bridgehead atoms. The van der Waals surface area contributed by atoms with E-state index in [4.69, 9.17) is 23.2 Å². The number of nitrogens with zero attached hydrogens (tertiary/aromatic N) is 1. The second-order valence-electron chi connectivity index (χ2n) is 2.14. The molecule has 70 valence electrons. The van der Waals surface area contributed by atoms with Crippen LogP contribution < -0.4 is 0 Å². The second-order valence-corrected chi connectivity index (χ2v) is 2.89. The standard InChI is InChI=1S/C7H3Cl2F2NO/c8-3-1-2-4(6(9)13)12-5(3)7(10)11/h1-2,7H. The number of hydrogen-bond acceptors (Lipinski definition) is 2. The third-order valence-corrected chi connectivity index (χ3v) is 1.79. The van der Waals surface area contributed by atoms with Crippen molar-refractivity contribution in [3.05, 3.63) is 28.5 Å². The highest BCUT2D eigenvalue weighted by molar-refractivity contribution is 6.67. The van der Waals surface area contributed by atoms with E-state index in [0.717, 1.165) is 6.07 Å². The van der Waals surface area contributed by atoms with Crippen LogP contribution in [0, 0.1) is 0 Å². The smallest absolute Gasteiger partial charge is 0.274 e. The van der Waals surface area contributed by atoms with E-state index in [1.807, 2.05) is 0 Å². The normalized spacial score (nSPS) is 10.5. The molecule has 0 atom stereocenters. The van der Waals surface area contributed by atoms with Crippen LogP contribution in [-0.4, -0.2) is 10.2 Å². The maximum Gasteiger partial charge on any atom is 0.281 e. The zero-order chi connectivity index (χ0) is 10.0. The molecular formula is C7H3Cl2F2NO. The van der Waals surface area contributed by atoms with Gasteiger partial charge in [0.2, 0.25) is 0 Å². The van der Waals surface area contributed by atoms with Gasteiger partial charge < -0.3 is 0 Å². The molecule has 2 nitrogen and oxygen atoms in total. The van der Waals surface area contributed by atoms with Gasteiger partial charge in [0.15, 0.2) is 0 Å². The number of hydrogen-bond donors (Lipinski definition) is 0. The molecule has 13 heavy (non-hydrogen) atoms. The SMILES string of the molecule is O=C(Cl)c1ccc(Cl)c(C(F)F)n1. The lowest BCUT2D eigenvalue weighted by atomic mass is 10.3. The molecule has 0 aliphatic carbocycles. The highest BCUT2D eigenvalue weighted by Crippen LogP contribution is 2.25. The highest BCUT2D eigenvalue weighted by Gasteiger charge is 2.16. The predicted molar refractivity (Wildman–Crippen MR) is 44.4 cm³/mol. The maximum absolute atomic E-state index is 12.2. The number of alkyl halides is 2. The molecule has 0 saturated carbocycles. The van der Waals surface area contributed by atoms with Crippen molar-refractivity contribution in [3.63, 3.8) is 0 Å². The average Bonchev–Trinajstić information content (AvgIpc) is 2.04. The van der Waals surface area contributed by atoms with E-state index in [1.54, 1.807) is 0 Å². The molecule has 0 N–H and O–H groups in total. The number of pyridine rings is 1. The summed E-state index contributed by atoms with van der Waals surface area (Å²) >= 11 is 10.4. The Morgan fingerprint density at radius 1 is 1.46 bits per heavy atom. The summed E-state index contributed by atoms with van der Waals surface area (Å²) in [6.45, 7) is 0. The van der Waals surface area contributed by atoms with Crippen LogP contribution in [0.3, 0.4) is 0 Å². The quantitative estimate of drug-likeness (QED) is 0.725.